The highest BCUT2D eigenvalue weighted by molar-refractivity contribution is 6.30. The smallest absolute Gasteiger partial charge is 0.290 e. The van der Waals surface area contributed by atoms with Gasteiger partial charge in [-0.25, -0.2) is 0 Å². The number of rotatable bonds is 5. The molecule has 0 spiro atoms. The van der Waals surface area contributed by atoms with Crippen molar-refractivity contribution < 1.29 is 14.0 Å². The molecule has 29 heavy (non-hydrogen) atoms. The summed E-state index contributed by atoms with van der Waals surface area (Å²) in [5, 5.41) is 3.93. The minimum Gasteiger partial charge on any atom is -0.459 e. The average Bonchev–Trinajstić information content (AvgIpc) is 3.43. The molecule has 2 aliphatic heterocycles. The monoisotopic (exact) mass is 415 g/mol. The highest BCUT2D eigenvalue weighted by Crippen LogP contribution is 2.22. The fourth-order valence-corrected chi connectivity index (χ4v) is 4.33. The molecule has 7 heteroatoms. The summed E-state index contributed by atoms with van der Waals surface area (Å²) in [6.07, 6.45) is 4.85. The van der Waals surface area contributed by atoms with Crippen molar-refractivity contribution in [2.75, 3.05) is 19.6 Å². The van der Waals surface area contributed by atoms with E-state index in [9.17, 15) is 9.59 Å². The lowest BCUT2D eigenvalue weighted by Crippen LogP contribution is -2.51. The third-order valence-corrected chi connectivity index (χ3v) is 6.05. The molecular weight excluding hydrogens is 390 g/mol. The van der Waals surface area contributed by atoms with E-state index in [0.717, 1.165) is 43.9 Å². The summed E-state index contributed by atoms with van der Waals surface area (Å²) in [6.45, 7) is 3.36. The topological polar surface area (TPSA) is 65.8 Å². The predicted molar refractivity (Wildman–Crippen MR) is 111 cm³/mol. The SMILES string of the molecule is O=C(NC1CCN(Cc2ccc(Cl)cc2)CC1)C1CCCN1C(=O)c1ccco1. The maximum absolute atomic E-state index is 12.8. The molecule has 0 bridgehead atoms. The quantitative estimate of drug-likeness (QED) is 0.813. The van der Waals surface area contributed by atoms with E-state index in [4.69, 9.17) is 16.0 Å². The van der Waals surface area contributed by atoms with Crippen molar-refractivity contribution >= 4 is 23.4 Å². The zero-order valence-corrected chi connectivity index (χ0v) is 17.1. The summed E-state index contributed by atoms with van der Waals surface area (Å²) in [5.74, 6) is 0.0456. The molecule has 1 unspecified atom stereocenters. The molecule has 4 rings (SSSR count). The number of halogens is 1. The third-order valence-electron chi connectivity index (χ3n) is 5.80. The van der Waals surface area contributed by atoms with Crippen LogP contribution in [0, 0.1) is 0 Å². The zero-order chi connectivity index (χ0) is 20.2. The van der Waals surface area contributed by atoms with Crippen molar-refractivity contribution in [2.24, 2.45) is 0 Å². The lowest BCUT2D eigenvalue weighted by Gasteiger charge is -2.33. The maximum atomic E-state index is 12.8. The Balaban J connectivity index is 1.27. The number of piperidine rings is 1. The summed E-state index contributed by atoms with van der Waals surface area (Å²) >= 11 is 5.95. The number of nitrogens with one attached hydrogen (secondary N) is 1. The molecule has 0 radical (unpaired) electrons. The van der Waals surface area contributed by atoms with Gasteiger partial charge in [-0.05, 0) is 55.5 Å². The minimum atomic E-state index is -0.403. The molecule has 0 aliphatic carbocycles. The molecule has 1 N–H and O–H groups in total. The van der Waals surface area contributed by atoms with Crippen molar-refractivity contribution in [3.05, 3.63) is 59.0 Å². The molecule has 3 heterocycles. The Bertz CT molecular complexity index is 829. The molecular formula is C22H26ClN3O3. The normalized spacial score (nSPS) is 20.7. The molecule has 2 saturated heterocycles. The molecule has 0 saturated carbocycles. The molecule has 1 aromatic heterocycles. The Morgan fingerprint density at radius 2 is 1.83 bits per heavy atom. The molecule has 6 nitrogen and oxygen atoms in total. The molecule has 2 aromatic rings. The van der Waals surface area contributed by atoms with Crippen LogP contribution in [0.5, 0.6) is 0 Å². The summed E-state index contributed by atoms with van der Waals surface area (Å²) in [5.41, 5.74) is 1.25. The summed E-state index contributed by atoms with van der Waals surface area (Å²) in [4.78, 5) is 29.5. The van der Waals surface area contributed by atoms with E-state index in [1.165, 1.54) is 11.8 Å². The van der Waals surface area contributed by atoms with Gasteiger partial charge in [0.05, 0.1) is 6.26 Å². The van der Waals surface area contributed by atoms with Crippen molar-refractivity contribution in [1.82, 2.24) is 15.1 Å². The molecule has 2 aliphatic rings. The summed E-state index contributed by atoms with van der Waals surface area (Å²) < 4.78 is 5.22. The first-order valence-electron chi connectivity index (χ1n) is 10.2. The third kappa shape index (κ3) is 4.82. The largest absolute Gasteiger partial charge is 0.459 e. The maximum Gasteiger partial charge on any atom is 0.290 e. The highest BCUT2D eigenvalue weighted by Gasteiger charge is 2.36. The van der Waals surface area contributed by atoms with Crippen LogP contribution in [0.3, 0.4) is 0 Å². The van der Waals surface area contributed by atoms with Gasteiger partial charge in [-0.2, -0.15) is 0 Å². The zero-order valence-electron chi connectivity index (χ0n) is 16.4. The van der Waals surface area contributed by atoms with Gasteiger partial charge in [0.2, 0.25) is 5.91 Å². The number of amides is 2. The van der Waals surface area contributed by atoms with Crippen LogP contribution in [0.2, 0.25) is 5.02 Å². The van der Waals surface area contributed by atoms with Crippen LogP contribution in [0.15, 0.2) is 47.1 Å². The van der Waals surface area contributed by atoms with Gasteiger partial charge >= 0.3 is 0 Å². The standard InChI is InChI=1S/C22H26ClN3O3/c23-17-7-5-16(6-8-17)15-25-12-9-18(10-13-25)24-21(27)19-3-1-11-26(19)22(28)20-4-2-14-29-20/h2,4-8,14,18-19H,1,3,9-13,15H2,(H,24,27). The second-order valence-electron chi connectivity index (χ2n) is 7.82. The second-order valence-corrected chi connectivity index (χ2v) is 8.26. The van der Waals surface area contributed by atoms with Crippen LogP contribution in [0.4, 0.5) is 0 Å². The number of carbonyl (C=O) groups excluding carboxylic acids is 2. The highest BCUT2D eigenvalue weighted by atomic mass is 35.5. The Morgan fingerprint density at radius 3 is 2.52 bits per heavy atom. The number of hydrogen-bond acceptors (Lipinski definition) is 4. The van der Waals surface area contributed by atoms with E-state index >= 15 is 0 Å². The van der Waals surface area contributed by atoms with Crippen LogP contribution in [-0.2, 0) is 11.3 Å². The van der Waals surface area contributed by atoms with Gasteiger partial charge in [0.1, 0.15) is 6.04 Å². The number of likely N-dealkylation sites (tertiary alicyclic amines) is 2. The van der Waals surface area contributed by atoms with E-state index in [1.54, 1.807) is 17.0 Å². The molecule has 1 aromatic carbocycles. The first kappa shape index (κ1) is 20.0. The lowest BCUT2D eigenvalue weighted by atomic mass is 10.0. The van der Waals surface area contributed by atoms with Gasteiger partial charge in [-0.15, -0.1) is 0 Å². The van der Waals surface area contributed by atoms with Crippen molar-refractivity contribution in [3.63, 3.8) is 0 Å². The molecule has 1 atom stereocenters. The summed E-state index contributed by atoms with van der Waals surface area (Å²) in [7, 11) is 0. The van der Waals surface area contributed by atoms with Gasteiger partial charge in [0.15, 0.2) is 5.76 Å². The lowest BCUT2D eigenvalue weighted by molar-refractivity contribution is -0.125. The van der Waals surface area contributed by atoms with Gasteiger partial charge in [-0.1, -0.05) is 23.7 Å². The fraction of sp³-hybridized carbons (Fsp3) is 0.455. The number of carbonyl (C=O) groups is 2. The molecule has 154 valence electrons. The number of hydrogen-bond donors (Lipinski definition) is 1. The fourth-order valence-electron chi connectivity index (χ4n) is 4.20. The van der Waals surface area contributed by atoms with Crippen molar-refractivity contribution in [3.8, 4) is 0 Å². The molecule has 2 fully saturated rings. The van der Waals surface area contributed by atoms with Crippen molar-refractivity contribution in [1.29, 1.82) is 0 Å². The van der Waals surface area contributed by atoms with Gasteiger partial charge in [0.25, 0.3) is 5.91 Å². The van der Waals surface area contributed by atoms with Gasteiger partial charge in [0, 0.05) is 37.2 Å². The number of nitrogens with zero attached hydrogens (tertiary/aromatic N) is 2. The molecule has 2 amide bonds. The van der Waals surface area contributed by atoms with Crippen LogP contribution in [0.1, 0.15) is 41.8 Å². The van der Waals surface area contributed by atoms with Crippen molar-refractivity contribution in [2.45, 2.75) is 44.3 Å². The van der Waals surface area contributed by atoms with Crippen LogP contribution in [-0.4, -0.2) is 53.3 Å². The van der Waals surface area contributed by atoms with Crippen LogP contribution < -0.4 is 5.32 Å². The first-order chi connectivity index (χ1) is 14.1. The van der Waals surface area contributed by atoms with Crippen LogP contribution >= 0.6 is 11.6 Å². The second kappa shape index (κ2) is 9.01. The first-order valence-corrected chi connectivity index (χ1v) is 10.6. The Kier molecular flexibility index (Phi) is 6.21. The number of furan rings is 1. The van der Waals surface area contributed by atoms with E-state index in [1.807, 2.05) is 12.1 Å². The van der Waals surface area contributed by atoms with Crippen LogP contribution in [0.25, 0.3) is 0 Å². The Hall–Kier alpha value is -2.31. The van der Waals surface area contributed by atoms with E-state index in [0.29, 0.717) is 18.7 Å². The van der Waals surface area contributed by atoms with E-state index in [-0.39, 0.29) is 17.9 Å². The van der Waals surface area contributed by atoms with Gasteiger partial charge in [-0.3, -0.25) is 14.5 Å². The predicted octanol–water partition coefficient (Wildman–Crippen LogP) is 3.32. The minimum absolute atomic E-state index is 0.0430. The summed E-state index contributed by atoms with van der Waals surface area (Å²) in [6, 6.07) is 11.0. The number of benzene rings is 1. The average molecular weight is 416 g/mol. The Labute approximate surface area is 175 Å². The van der Waals surface area contributed by atoms with E-state index < -0.39 is 6.04 Å². The van der Waals surface area contributed by atoms with E-state index in [2.05, 4.69) is 22.3 Å². The van der Waals surface area contributed by atoms with Gasteiger partial charge < -0.3 is 14.6 Å². The Morgan fingerprint density at radius 1 is 1.07 bits per heavy atom.